The van der Waals surface area contributed by atoms with Gasteiger partial charge in [0, 0.05) is 42.1 Å². The number of likely N-dealkylation sites (tertiary alicyclic amines) is 1. The third-order valence-corrected chi connectivity index (χ3v) is 4.66. The van der Waals surface area contributed by atoms with Crippen molar-refractivity contribution in [2.45, 2.75) is 12.5 Å². The van der Waals surface area contributed by atoms with Crippen LogP contribution in [0.3, 0.4) is 0 Å². The Labute approximate surface area is 130 Å². The van der Waals surface area contributed by atoms with E-state index in [1.54, 1.807) is 37.5 Å². The van der Waals surface area contributed by atoms with E-state index < -0.39 is 17.3 Å². The molecule has 2 aromatic rings. The van der Waals surface area contributed by atoms with Crippen molar-refractivity contribution in [1.82, 2.24) is 9.88 Å². The first kappa shape index (κ1) is 14.7. The number of amides is 1. The number of anilines is 2. The zero-order valence-electron chi connectivity index (χ0n) is 11.9. The van der Waals surface area contributed by atoms with Gasteiger partial charge in [0.25, 0.3) is 0 Å². The van der Waals surface area contributed by atoms with Gasteiger partial charge in [-0.15, -0.1) is 0 Å². The average Bonchev–Trinajstić information content (AvgIpc) is 2.80. The summed E-state index contributed by atoms with van der Waals surface area (Å²) < 4.78 is 24.4. The smallest absolute Gasteiger partial charge is 0.246 e. The van der Waals surface area contributed by atoms with Gasteiger partial charge in [0.1, 0.15) is 11.9 Å². The predicted molar refractivity (Wildman–Crippen MR) is 83.6 cm³/mol. The largest absolute Gasteiger partial charge is 0.755 e. The first-order valence-corrected chi connectivity index (χ1v) is 7.80. The van der Waals surface area contributed by atoms with Gasteiger partial charge in [0.2, 0.25) is 5.91 Å². The molecule has 0 aliphatic carbocycles. The molecule has 7 nitrogen and oxygen atoms in total. The molecule has 1 aromatic carbocycles. The van der Waals surface area contributed by atoms with E-state index in [-0.39, 0.29) is 5.91 Å². The third kappa shape index (κ3) is 2.40. The van der Waals surface area contributed by atoms with Gasteiger partial charge in [-0.2, -0.15) is 0 Å². The van der Waals surface area contributed by atoms with Gasteiger partial charge in [-0.05, 0) is 36.1 Å². The maximum absolute atomic E-state index is 12.1. The van der Waals surface area contributed by atoms with Crippen LogP contribution in [-0.2, 0) is 16.1 Å². The number of carbonyl (C=O) groups is 1. The fraction of sp³-hybridized carbons (Fsp3) is 0.286. The normalized spacial score (nSPS) is 19.6. The quantitative estimate of drug-likeness (QED) is 0.837. The molecule has 1 saturated heterocycles. The molecule has 1 amide bonds. The summed E-state index contributed by atoms with van der Waals surface area (Å²) >= 11 is -2.54. The average molecular weight is 319 g/mol. The Kier molecular flexibility index (Phi) is 3.71. The van der Waals surface area contributed by atoms with Crippen LogP contribution in [0.4, 0.5) is 11.5 Å². The molecule has 2 heterocycles. The number of benzene rings is 1. The molecule has 1 aliphatic rings. The number of nitrogens with zero attached hydrogens (tertiary/aromatic N) is 3. The van der Waals surface area contributed by atoms with E-state index >= 15 is 0 Å². The number of nitrogens with two attached hydrogens (primary N) is 1. The molecular formula is C14H15N4O3S-. The van der Waals surface area contributed by atoms with Crippen molar-refractivity contribution in [3.05, 3.63) is 30.5 Å². The molecule has 1 aromatic heterocycles. The zero-order chi connectivity index (χ0) is 15.9. The molecule has 0 saturated carbocycles. The molecule has 116 valence electrons. The molecule has 0 bridgehead atoms. The predicted octanol–water partition coefficient (Wildman–Crippen LogP) is 0.648. The summed E-state index contributed by atoms with van der Waals surface area (Å²) in [6.45, 7) is 0.543. The van der Waals surface area contributed by atoms with Crippen LogP contribution in [-0.4, -0.2) is 44.2 Å². The molecular weight excluding hydrogens is 304 g/mol. The molecule has 0 spiro atoms. The second-order valence-corrected chi connectivity index (χ2v) is 6.04. The molecule has 1 fully saturated rings. The summed E-state index contributed by atoms with van der Waals surface area (Å²) in [7, 11) is 1.67. The van der Waals surface area contributed by atoms with Crippen molar-refractivity contribution in [2.75, 3.05) is 23.6 Å². The Bertz CT molecular complexity index is 767. The number of hydrogen-bond acceptors (Lipinski definition) is 5. The highest BCUT2D eigenvalue weighted by molar-refractivity contribution is 7.80. The first-order chi connectivity index (χ1) is 10.5. The Morgan fingerprint density at radius 3 is 2.86 bits per heavy atom. The zero-order valence-corrected chi connectivity index (χ0v) is 12.7. The van der Waals surface area contributed by atoms with Crippen molar-refractivity contribution in [1.29, 1.82) is 0 Å². The van der Waals surface area contributed by atoms with Gasteiger partial charge < -0.3 is 15.2 Å². The van der Waals surface area contributed by atoms with Gasteiger partial charge >= 0.3 is 0 Å². The first-order valence-electron chi connectivity index (χ1n) is 6.77. The van der Waals surface area contributed by atoms with Gasteiger partial charge in [0.15, 0.2) is 0 Å². The molecule has 8 heteroatoms. The summed E-state index contributed by atoms with van der Waals surface area (Å²) in [5.41, 5.74) is 6.24. The fourth-order valence-corrected chi connectivity index (χ4v) is 3.41. The SMILES string of the molecule is CN1CCC(N(c2ccc3c(N)nccc3c2)S(=O)[O-])C1=O. The van der Waals surface area contributed by atoms with Gasteiger partial charge in [0.05, 0.1) is 0 Å². The second-order valence-electron chi connectivity index (χ2n) is 5.21. The number of likely N-dealkylation sites (N-methyl/N-ethyl adjacent to an activating group) is 1. The summed E-state index contributed by atoms with van der Waals surface area (Å²) in [6, 6.07) is 6.12. The van der Waals surface area contributed by atoms with E-state index in [0.29, 0.717) is 24.5 Å². The lowest BCUT2D eigenvalue weighted by molar-refractivity contribution is -0.127. The molecule has 2 atom stereocenters. The molecule has 2 unspecified atom stereocenters. The summed E-state index contributed by atoms with van der Waals surface area (Å²) in [5, 5.41) is 1.52. The highest BCUT2D eigenvalue weighted by atomic mass is 32.2. The summed E-state index contributed by atoms with van der Waals surface area (Å²) in [6.07, 6.45) is 2.04. The minimum atomic E-state index is -2.54. The van der Waals surface area contributed by atoms with Crippen LogP contribution in [0.15, 0.2) is 30.5 Å². The minimum Gasteiger partial charge on any atom is -0.755 e. The Morgan fingerprint density at radius 2 is 2.23 bits per heavy atom. The van der Waals surface area contributed by atoms with Crippen molar-refractivity contribution < 1.29 is 13.6 Å². The van der Waals surface area contributed by atoms with Crippen molar-refractivity contribution in [3.63, 3.8) is 0 Å². The van der Waals surface area contributed by atoms with Crippen LogP contribution in [0.5, 0.6) is 0 Å². The topological polar surface area (TPSA) is 103 Å². The second kappa shape index (κ2) is 5.54. The Morgan fingerprint density at radius 1 is 1.45 bits per heavy atom. The number of aromatic nitrogens is 1. The molecule has 3 rings (SSSR count). The van der Waals surface area contributed by atoms with Gasteiger partial charge in [-0.3, -0.25) is 13.3 Å². The van der Waals surface area contributed by atoms with Crippen LogP contribution in [0.25, 0.3) is 10.8 Å². The number of pyridine rings is 1. The summed E-state index contributed by atoms with van der Waals surface area (Å²) in [5.74, 6) is 0.189. The lowest BCUT2D eigenvalue weighted by Crippen LogP contribution is -2.42. The monoisotopic (exact) mass is 319 g/mol. The minimum absolute atomic E-state index is 0.196. The van der Waals surface area contributed by atoms with Gasteiger partial charge in [-0.1, -0.05) is 0 Å². The van der Waals surface area contributed by atoms with E-state index in [1.807, 2.05) is 0 Å². The molecule has 2 N–H and O–H groups in total. The van der Waals surface area contributed by atoms with Crippen LogP contribution in [0.2, 0.25) is 0 Å². The Hall–Kier alpha value is -2.19. The van der Waals surface area contributed by atoms with Crippen LogP contribution < -0.4 is 10.0 Å². The van der Waals surface area contributed by atoms with E-state index in [0.717, 1.165) is 15.1 Å². The van der Waals surface area contributed by atoms with E-state index in [9.17, 15) is 13.6 Å². The third-order valence-electron chi connectivity index (χ3n) is 3.88. The maximum atomic E-state index is 12.1. The fourth-order valence-electron chi connectivity index (χ4n) is 2.72. The van der Waals surface area contributed by atoms with Crippen LogP contribution in [0, 0.1) is 0 Å². The van der Waals surface area contributed by atoms with Crippen LogP contribution >= 0.6 is 0 Å². The molecule has 0 radical (unpaired) electrons. The van der Waals surface area contributed by atoms with Crippen molar-refractivity contribution in [2.24, 2.45) is 0 Å². The molecule has 1 aliphatic heterocycles. The van der Waals surface area contributed by atoms with Crippen molar-refractivity contribution >= 4 is 39.5 Å². The number of hydrogen-bond donors (Lipinski definition) is 1. The number of rotatable bonds is 3. The number of carbonyl (C=O) groups excluding carboxylic acids is 1. The number of nitrogen functional groups attached to an aromatic ring is 1. The molecule has 22 heavy (non-hydrogen) atoms. The van der Waals surface area contributed by atoms with Crippen LogP contribution in [0.1, 0.15) is 6.42 Å². The van der Waals surface area contributed by atoms with E-state index in [2.05, 4.69) is 4.98 Å². The highest BCUT2D eigenvalue weighted by Crippen LogP contribution is 2.29. The highest BCUT2D eigenvalue weighted by Gasteiger charge is 2.35. The standard InChI is InChI=1S/C14H16N4O3S/c1-17-7-5-12(14(17)19)18(22(20)21)10-2-3-11-9(8-10)4-6-16-13(11)15/h2-4,6,8,12H,5,7H2,1H3,(H2,15,16)(H,20,21)/p-1. The lowest BCUT2D eigenvalue weighted by Gasteiger charge is -2.31. The lowest BCUT2D eigenvalue weighted by atomic mass is 10.1. The summed E-state index contributed by atoms with van der Waals surface area (Å²) in [4.78, 5) is 17.7. The Balaban J connectivity index is 2.06. The van der Waals surface area contributed by atoms with Crippen molar-refractivity contribution in [3.8, 4) is 0 Å². The van der Waals surface area contributed by atoms with Gasteiger partial charge in [-0.25, -0.2) is 4.98 Å². The maximum Gasteiger partial charge on any atom is 0.246 e. The van der Waals surface area contributed by atoms with E-state index in [1.165, 1.54) is 4.90 Å². The van der Waals surface area contributed by atoms with E-state index in [4.69, 9.17) is 5.73 Å². The number of fused-ring (bicyclic) bond motifs is 1.